The molecule has 0 bridgehead atoms. The number of ketones is 1. The lowest BCUT2D eigenvalue weighted by Gasteiger charge is -2.29. The number of ether oxygens (including phenoxy) is 3. The molecule has 3 aromatic carbocycles. The van der Waals surface area contributed by atoms with Crippen LogP contribution in [0.4, 0.5) is 5.69 Å². The van der Waals surface area contributed by atoms with E-state index < -0.39 is 6.10 Å². The lowest BCUT2D eigenvalue weighted by atomic mass is 10.0. The molecular formula is C27H25NO5. The number of carbonyl (C=O) groups excluding carboxylic acids is 2. The molecular weight excluding hydrogens is 418 g/mol. The minimum absolute atomic E-state index is 0.0291. The monoisotopic (exact) mass is 443 g/mol. The number of amides is 1. The van der Waals surface area contributed by atoms with Gasteiger partial charge in [-0.15, -0.1) is 6.58 Å². The maximum atomic E-state index is 13.0. The Morgan fingerprint density at radius 2 is 1.82 bits per heavy atom. The van der Waals surface area contributed by atoms with Crippen LogP contribution in [0.5, 0.6) is 17.2 Å². The predicted octanol–water partition coefficient (Wildman–Crippen LogP) is 4.83. The van der Waals surface area contributed by atoms with Crippen molar-refractivity contribution in [3.05, 3.63) is 96.6 Å². The van der Waals surface area contributed by atoms with Crippen molar-refractivity contribution in [2.45, 2.75) is 19.6 Å². The van der Waals surface area contributed by atoms with Gasteiger partial charge in [-0.1, -0.05) is 36.4 Å². The molecule has 6 heteroatoms. The zero-order chi connectivity index (χ0) is 23.2. The van der Waals surface area contributed by atoms with E-state index in [1.54, 1.807) is 48.2 Å². The number of Topliss-reactive ketones (excluding diaryl/α,β-unsaturated/α-hetero) is 1. The molecule has 0 aliphatic carbocycles. The van der Waals surface area contributed by atoms with Gasteiger partial charge in [0, 0.05) is 12.1 Å². The summed E-state index contributed by atoms with van der Waals surface area (Å²) in [6, 6.07) is 22.1. The molecule has 0 saturated heterocycles. The lowest BCUT2D eigenvalue weighted by molar-refractivity contribution is -0.121. The predicted molar refractivity (Wildman–Crippen MR) is 126 cm³/mol. The van der Waals surface area contributed by atoms with Crippen LogP contribution in [0.25, 0.3) is 0 Å². The fourth-order valence-electron chi connectivity index (χ4n) is 3.53. The molecule has 0 spiro atoms. The van der Waals surface area contributed by atoms with E-state index in [0.717, 1.165) is 5.56 Å². The summed E-state index contributed by atoms with van der Waals surface area (Å²) in [4.78, 5) is 26.7. The van der Waals surface area contributed by atoms with E-state index in [-0.39, 0.29) is 18.3 Å². The second kappa shape index (κ2) is 10.0. The molecule has 0 saturated carbocycles. The number of carbonyl (C=O) groups is 2. The topological polar surface area (TPSA) is 65.1 Å². The van der Waals surface area contributed by atoms with Crippen LogP contribution in [0.1, 0.15) is 22.8 Å². The average molecular weight is 443 g/mol. The Morgan fingerprint density at radius 1 is 1.09 bits per heavy atom. The molecule has 0 N–H and O–H groups in total. The minimum atomic E-state index is -0.716. The van der Waals surface area contributed by atoms with Gasteiger partial charge < -0.3 is 19.1 Å². The third-order valence-corrected chi connectivity index (χ3v) is 5.25. The summed E-state index contributed by atoms with van der Waals surface area (Å²) < 4.78 is 17.1. The Balaban J connectivity index is 1.40. The molecule has 168 valence electrons. The largest absolute Gasteiger partial charge is 0.489 e. The second-order valence-electron chi connectivity index (χ2n) is 7.63. The van der Waals surface area contributed by atoms with Crippen molar-refractivity contribution < 1.29 is 23.8 Å². The maximum absolute atomic E-state index is 13.0. The summed E-state index contributed by atoms with van der Waals surface area (Å²) in [5.74, 6) is 1.47. The number of hydrogen-bond donors (Lipinski definition) is 0. The first kappa shape index (κ1) is 22.1. The quantitative estimate of drug-likeness (QED) is 0.350. The van der Waals surface area contributed by atoms with E-state index in [2.05, 4.69) is 6.58 Å². The fourth-order valence-corrected chi connectivity index (χ4v) is 3.53. The standard InChI is InChI=1S/C27H25NO5/c1-3-15-28-24-16-21(9-14-25(24)32-18-26(28)29)27(30)19(2)33-23-12-10-22(11-13-23)31-17-20-7-5-4-6-8-20/h3-14,16,19H,1,15,17-18H2,2H3. The Morgan fingerprint density at radius 3 is 2.55 bits per heavy atom. The SMILES string of the molecule is C=CCN1C(=O)COc2ccc(C(=O)C(C)Oc3ccc(OCc4ccccc4)cc3)cc21. The van der Waals surface area contributed by atoms with Crippen molar-refractivity contribution in [3.8, 4) is 17.2 Å². The van der Waals surface area contributed by atoms with E-state index in [9.17, 15) is 9.59 Å². The number of rotatable bonds is 9. The van der Waals surface area contributed by atoms with Crippen molar-refractivity contribution in [1.29, 1.82) is 0 Å². The summed E-state index contributed by atoms with van der Waals surface area (Å²) in [6.45, 7) is 6.19. The third kappa shape index (κ3) is 5.23. The minimum Gasteiger partial charge on any atom is -0.489 e. The first-order chi connectivity index (χ1) is 16.0. The van der Waals surface area contributed by atoms with Gasteiger partial charge in [-0.05, 0) is 55.0 Å². The van der Waals surface area contributed by atoms with Crippen LogP contribution in [0, 0.1) is 0 Å². The molecule has 6 nitrogen and oxygen atoms in total. The molecule has 1 aliphatic heterocycles. The molecule has 1 aliphatic rings. The van der Waals surface area contributed by atoms with Gasteiger partial charge >= 0.3 is 0 Å². The average Bonchev–Trinajstić information content (AvgIpc) is 2.85. The zero-order valence-electron chi connectivity index (χ0n) is 18.4. The number of anilines is 1. The highest BCUT2D eigenvalue weighted by Gasteiger charge is 2.27. The smallest absolute Gasteiger partial charge is 0.265 e. The Kier molecular flexibility index (Phi) is 6.74. The summed E-state index contributed by atoms with van der Waals surface area (Å²) in [6.07, 6.45) is 0.924. The molecule has 0 aromatic heterocycles. The summed E-state index contributed by atoms with van der Waals surface area (Å²) in [7, 11) is 0. The lowest BCUT2D eigenvalue weighted by Crippen LogP contribution is -2.39. The molecule has 0 fully saturated rings. The van der Waals surface area contributed by atoms with Crippen molar-refractivity contribution in [1.82, 2.24) is 0 Å². The molecule has 4 rings (SSSR count). The van der Waals surface area contributed by atoms with Gasteiger partial charge in [-0.2, -0.15) is 0 Å². The van der Waals surface area contributed by atoms with Gasteiger partial charge in [-0.25, -0.2) is 0 Å². The normalized spacial score (nSPS) is 13.5. The molecule has 3 aromatic rings. The van der Waals surface area contributed by atoms with Crippen LogP contribution in [0.15, 0.2) is 85.5 Å². The number of nitrogens with zero attached hydrogens (tertiary/aromatic N) is 1. The highest BCUT2D eigenvalue weighted by molar-refractivity contribution is 6.03. The summed E-state index contributed by atoms with van der Waals surface area (Å²) >= 11 is 0. The van der Waals surface area contributed by atoms with Gasteiger partial charge in [-0.3, -0.25) is 9.59 Å². The molecule has 1 unspecified atom stereocenters. The van der Waals surface area contributed by atoms with Crippen molar-refractivity contribution >= 4 is 17.4 Å². The number of benzene rings is 3. The van der Waals surface area contributed by atoms with Gasteiger partial charge in [0.05, 0.1) is 5.69 Å². The number of fused-ring (bicyclic) bond motifs is 1. The molecule has 33 heavy (non-hydrogen) atoms. The molecule has 0 radical (unpaired) electrons. The Bertz CT molecular complexity index is 1140. The molecule has 1 amide bonds. The third-order valence-electron chi connectivity index (χ3n) is 5.25. The van der Waals surface area contributed by atoms with Crippen LogP contribution in [0.2, 0.25) is 0 Å². The first-order valence-electron chi connectivity index (χ1n) is 10.7. The van der Waals surface area contributed by atoms with Crippen molar-refractivity contribution in [2.24, 2.45) is 0 Å². The van der Waals surface area contributed by atoms with Gasteiger partial charge in [0.25, 0.3) is 5.91 Å². The van der Waals surface area contributed by atoms with Gasteiger partial charge in [0.2, 0.25) is 5.78 Å². The van der Waals surface area contributed by atoms with E-state index in [1.807, 2.05) is 42.5 Å². The zero-order valence-corrected chi connectivity index (χ0v) is 18.4. The highest BCUT2D eigenvalue weighted by atomic mass is 16.5. The Labute approximate surface area is 193 Å². The molecule has 1 heterocycles. The van der Waals surface area contributed by atoms with Gasteiger partial charge in [0.15, 0.2) is 12.7 Å². The van der Waals surface area contributed by atoms with E-state index in [1.165, 1.54) is 0 Å². The second-order valence-corrected chi connectivity index (χ2v) is 7.63. The van der Waals surface area contributed by atoms with Crippen molar-refractivity contribution in [3.63, 3.8) is 0 Å². The highest BCUT2D eigenvalue weighted by Crippen LogP contribution is 2.33. The summed E-state index contributed by atoms with van der Waals surface area (Å²) in [5, 5.41) is 0. The van der Waals surface area contributed by atoms with Crippen LogP contribution >= 0.6 is 0 Å². The maximum Gasteiger partial charge on any atom is 0.265 e. The Hall–Kier alpha value is -4.06. The van der Waals surface area contributed by atoms with E-state index in [0.29, 0.717) is 41.7 Å². The van der Waals surface area contributed by atoms with Crippen LogP contribution in [-0.4, -0.2) is 30.9 Å². The summed E-state index contributed by atoms with van der Waals surface area (Å²) in [5.41, 5.74) is 2.08. The van der Waals surface area contributed by atoms with Gasteiger partial charge in [0.1, 0.15) is 23.9 Å². The first-order valence-corrected chi connectivity index (χ1v) is 10.7. The van der Waals surface area contributed by atoms with Crippen molar-refractivity contribution in [2.75, 3.05) is 18.1 Å². The fraction of sp³-hybridized carbons (Fsp3) is 0.185. The molecule has 1 atom stereocenters. The van der Waals surface area contributed by atoms with E-state index >= 15 is 0 Å². The number of hydrogen-bond acceptors (Lipinski definition) is 5. The van der Waals surface area contributed by atoms with Crippen LogP contribution in [0.3, 0.4) is 0 Å². The van der Waals surface area contributed by atoms with E-state index in [4.69, 9.17) is 14.2 Å². The van der Waals surface area contributed by atoms with Crippen LogP contribution < -0.4 is 19.1 Å². The van der Waals surface area contributed by atoms with Crippen LogP contribution in [-0.2, 0) is 11.4 Å².